The third kappa shape index (κ3) is 2.26. The normalized spacial score (nSPS) is 27.9. The molecule has 1 fully saturated rings. The Morgan fingerprint density at radius 3 is 2.59 bits per heavy atom. The molecule has 22 heavy (non-hydrogen) atoms. The molecule has 1 saturated heterocycles. The number of nitrogens with one attached hydrogen (secondary N) is 1. The molecule has 2 bridgehead atoms. The number of H-pyrrole nitrogens is 1. The Balaban J connectivity index is 1.64. The van der Waals surface area contributed by atoms with Crippen molar-refractivity contribution in [1.82, 2.24) is 14.5 Å². The molecule has 4 rings (SSSR count). The predicted molar refractivity (Wildman–Crippen MR) is 96.5 cm³/mol. The van der Waals surface area contributed by atoms with E-state index >= 15 is 0 Å². The van der Waals surface area contributed by atoms with Crippen LogP contribution in [0.5, 0.6) is 0 Å². The number of thioether (sulfide) groups is 1. The SMILES string of the molecule is CN1[C@@H]2C=C[C@H]1CC(Sc1ccc3[nH]c(=S)n(C)c3c1Cl)C2. The van der Waals surface area contributed by atoms with Crippen molar-refractivity contribution in [2.24, 2.45) is 7.05 Å². The van der Waals surface area contributed by atoms with E-state index in [4.69, 9.17) is 23.8 Å². The summed E-state index contributed by atoms with van der Waals surface area (Å²) < 4.78 is 2.66. The van der Waals surface area contributed by atoms with Crippen LogP contribution >= 0.6 is 35.6 Å². The van der Waals surface area contributed by atoms with Crippen LogP contribution in [0.15, 0.2) is 29.2 Å². The Labute approximate surface area is 144 Å². The van der Waals surface area contributed by atoms with Crippen LogP contribution in [-0.4, -0.2) is 38.8 Å². The van der Waals surface area contributed by atoms with Gasteiger partial charge in [0.2, 0.25) is 0 Å². The molecule has 1 aromatic heterocycles. The number of aromatic nitrogens is 2. The second-order valence-electron chi connectivity index (χ2n) is 6.16. The highest BCUT2D eigenvalue weighted by atomic mass is 35.5. The number of piperidine rings is 1. The lowest BCUT2D eigenvalue weighted by atomic mass is 10.0. The average Bonchev–Trinajstić information content (AvgIpc) is 2.88. The fourth-order valence-electron chi connectivity index (χ4n) is 3.54. The van der Waals surface area contributed by atoms with Gasteiger partial charge in [-0.3, -0.25) is 4.90 Å². The first-order valence-corrected chi connectivity index (χ1v) is 9.15. The van der Waals surface area contributed by atoms with Crippen LogP contribution in [0.3, 0.4) is 0 Å². The highest BCUT2D eigenvalue weighted by Gasteiger charge is 2.35. The highest BCUT2D eigenvalue weighted by Crippen LogP contribution is 2.42. The van der Waals surface area contributed by atoms with Crippen molar-refractivity contribution in [3.05, 3.63) is 34.1 Å². The molecule has 1 N–H and O–H groups in total. The lowest BCUT2D eigenvalue weighted by Crippen LogP contribution is -2.41. The highest BCUT2D eigenvalue weighted by molar-refractivity contribution is 8.00. The van der Waals surface area contributed by atoms with E-state index in [1.54, 1.807) is 0 Å². The number of benzene rings is 1. The van der Waals surface area contributed by atoms with Gasteiger partial charge in [0.1, 0.15) is 0 Å². The monoisotopic (exact) mass is 351 g/mol. The lowest BCUT2D eigenvalue weighted by Gasteiger charge is -2.36. The van der Waals surface area contributed by atoms with Crippen LogP contribution < -0.4 is 0 Å². The molecule has 1 aromatic carbocycles. The molecule has 2 aliphatic heterocycles. The first-order chi connectivity index (χ1) is 10.5. The van der Waals surface area contributed by atoms with Crippen LogP contribution in [-0.2, 0) is 7.05 Å². The summed E-state index contributed by atoms with van der Waals surface area (Å²) in [5.41, 5.74) is 2.01. The van der Waals surface area contributed by atoms with Gasteiger partial charge in [0.25, 0.3) is 0 Å². The summed E-state index contributed by atoms with van der Waals surface area (Å²) >= 11 is 13.9. The van der Waals surface area contributed by atoms with E-state index in [1.807, 2.05) is 23.4 Å². The molecule has 2 aliphatic rings. The topological polar surface area (TPSA) is 24.0 Å². The molecular weight excluding hydrogens is 334 g/mol. The summed E-state index contributed by atoms with van der Waals surface area (Å²) in [7, 11) is 4.18. The van der Waals surface area contributed by atoms with Crippen LogP contribution in [0.1, 0.15) is 12.8 Å². The van der Waals surface area contributed by atoms with Crippen molar-refractivity contribution in [3.63, 3.8) is 0 Å². The molecular formula is C16H18ClN3S2. The van der Waals surface area contributed by atoms with Crippen molar-refractivity contribution < 1.29 is 0 Å². The van der Waals surface area contributed by atoms with Gasteiger partial charge >= 0.3 is 0 Å². The Morgan fingerprint density at radius 2 is 1.91 bits per heavy atom. The summed E-state index contributed by atoms with van der Waals surface area (Å²) in [4.78, 5) is 6.83. The van der Waals surface area contributed by atoms with Crippen LogP contribution in [0.25, 0.3) is 11.0 Å². The van der Waals surface area contributed by atoms with E-state index in [0.717, 1.165) is 21.0 Å². The molecule has 0 spiro atoms. The third-order valence-electron chi connectivity index (χ3n) is 4.87. The molecule has 0 radical (unpaired) electrons. The van der Waals surface area contributed by atoms with Gasteiger partial charge in [0.15, 0.2) is 4.77 Å². The summed E-state index contributed by atoms with van der Waals surface area (Å²) in [6.45, 7) is 0. The molecule has 6 heteroatoms. The number of likely N-dealkylation sites (N-methyl/N-ethyl adjacent to an activating group) is 1. The summed E-state index contributed by atoms with van der Waals surface area (Å²) in [5, 5.41) is 1.43. The number of fused-ring (bicyclic) bond motifs is 3. The Hall–Kier alpha value is -0.750. The van der Waals surface area contributed by atoms with Crippen LogP contribution in [0, 0.1) is 4.77 Å². The summed E-state index contributed by atoms with van der Waals surface area (Å²) in [6.07, 6.45) is 7.08. The number of aromatic amines is 1. The molecule has 3 nitrogen and oxygen atoms in total. The fraction of sp³-hybridized carbons (Fsp3) is 0.438. The first kappa shape index (κ1) is 14.8. The Bertz CT molecular complexity index is 807. The Kier molecular flexibility index (Phi) is 3.64. The van der Waals surface area contributed by atoms with E-state index in [-0.39, 0.29) is 0 Å². The van der Waals surface area contributed by atoms with Gasteiger partial charge < -0.3 is 9.55 Å². The zero-order chi connectivity index (χ0) is 15.4. The average molecular weight is 352 g/mol. The maximum atomic E-state index is 6.66. The van der Waals surface area contributed by atoms with E-state index in [9.17, 15) is 0 Å². The van der Waals surface area contributed by atoms with Gasteiger partial charge in [0, 0.05) is 29.3 Å². The summed E-state index contributed by atoms with van der Waals surface area (Å²) in [6, 6.07) is 5.37. The number of aryl methyl sites for hydroxylation is 1. The van der Waals surface area contributed by atoms with Crippen molar-refractivity contribution >= 4 is 46.6 Å². The zero-order valence-corrected chi connectivity index (χ0v) is 14.9. The minimum Gasteiger partial charge on any atom is -0.331 e. The second-order valence-corrected chi connectivity index (χ2v) is 8.27. The van der Waals surface area contributed by atoms with E-state index < -0.39 is 0 Å². The van der Waals surface area contributed by atoms with Gasteiger partial charge in [0.05, 0.1) is 16.1 Å². The predicted octanol–water partition coefficient (Wildman–Crippen LogP) is 4.38. The van der Waals surface area contributed by atoms with E-state index in [2.05, 4.69) is 41.2 Å². The number of hydrogen-bond donors (Lipinski definition) is 1. The van der Waals surface area contributed by atoms with Gasteiger partial charge in [-0.15, -0.1) is 11.8 Å². The molecule has 0 amide bonds. The lowest BCUT2D eigenvalue weighted by molar-refractivity contribution is 0.200. The molecule has 2 aromatic rings. The second kappa shape index (κ2) is 5.41. The maximum Gasteiger partial charge on any atom is 0.177 e. The minimum atomic E-state index is 0.585. The van der Waals surface area contributed by atoms with Gasteiger partial charge in [-0.05, 0) is 44.2 Å². The minimum absolute atomic E-state index is 0.585. The number of nitrogens with zero attached hydrogens (tertiary/aromatic N) is 2. The van der Waals surface area contributed by atoms with E-state index in [0.29, 0.717) is 22.1 Å². The van der Waals surface area contributed by atoms with Crippen LogP contribution in [0.4, 0.5) is 0 Å². The van der Waals surface area contributed by atoms with Crippen LogP contribution in [0.2, 0.25) is 5.02 Å². The van der Waals surface area contributed by atoms with Crippen molar-refractivity contribution in [1.29, 1.82) is 0 Å². The smallest absolute Gasteiger partial charge is 0.177 e. The van der Waals surface area contributed by atoms with Gasteiger partial charge in [-0.2, -0.15) is 0 Å². The number of rotatable bonds is 2. The fourth-order valence-corrected chi connectivity index (χ4v) is 5.46. The van der Waals surface area contributed by atoms with Gasteiger partial charge in [-0.25, -0.2) is 0 Å². The van der Waals surface area contributed by atoms with E-state index in [1.165, 1.54) is 12.8 Å². The quantitative estimate of drug-likeness (QED) is 0.641. The molecule has 0 aliphatic carbocycles. The third-order valence-corrected chi connectivity index (χ3v) is 7.05. The molecule has 3 atom stereocenters. The standard InChI is InChI=1S/C16H18ClN3S2/c1-19-9-3-4-10(19)8-11(7-9)22-13-6-5-12-15(14(13)17)20(2)16(21)18-12/h3-6,9-11H,7-8H2,1-2H3,(H,18,21)/t9-,10+,11?. The molecule has 0 saturated carbocycles. The maximum absolute atomic E-state index is 6.66. The number of hydrogen-bond acceptors (Lipinski definition) is 3. The largest absolute Gasteiger partial charge is 0.331 e. The molecule has 116 valence electrons. The van der Waals surface area contributed by atoms with Crippen molar-refractivity contribution in [2.45, 2.75) is 35.1 Å². The van der Waals surface area contributed by atoms with Crippen molar-refractivity contribution in [2.75, 3.05) is 7.05 Å². The molecule has 3 heterocycles. The summed E-state index contributed by atoms with van der Waals surface area (Å²) in [5.74, 6) is 0. The first-order valence-electron chi connectivity index (χ1n) is 7.48. The van der Waals surface area contributed by atoms with Crippen molar-refractivity contribution in [3.8, 4) is 0 Å². The Morgan fingerprint density at radius 1 is 1.23 bits per heavy atom. The van der Waals surface area contributed by atoms with Gasteiger partial charge in [-0.1, -0.05) is 23.8 Å². The molecule has 1 unspecified atom stereocenters. The zero-order valence-electron chi connectivity index (χ0n) is 12.5. The number of imidazole rings is 1. The number of halogens is 1.